The summed E-state index contributed by atoms with van der Waals surface area (Å²) in [6, 6.07) is 2.65. The van der Waals surface area contributed by atoms with E-state index >= 15 is 0 Å². The van der Waals surface area contributed by atoms with E-state index in [4.69, 9.17) is 4.74 Å². The molecule has 21 heavy (non-hydrogen) atoms. The lowest BCUT2D eigenvalue weighted by Crippen LogP contribution is -1.98. The van der Waals surface area contributed by atoms with Crippen LogP contribution in [0.1, 0.15) is 17.2 Å². The molecule has 0 aliphatic heterocycles. The van der Waals surface area contributed by atoms with Crippen LogP contribution in [0.25, 0.3) is 0 Å². The number of nitro groups is 1. The van der Waals surface area contributed by atoms with Gasteiger partial charge in [-0.05, 0) is 19.9 Å². The Kier molecular flexibility index (Phi) is 3.83. The van der Waals surface area contributed by atoms with Crippen molar-refractivity contribution in [3.05, 3.63) is 39.5 Å². The number of phenols is 1. The Balaban J connectivity index is 2.45. The van der Waals surface area contributed by atoms with E-state index < -0.39 is 16.4 Å². The number of nitro benzene ring substituents is 1. The maximum atomic E-state index is 10.9. The zero-order chi connectivity index (χ0) is 15.6. The smallest absolute Gasteiger partial charge is 0.315 e. The number of benzene rings is 1. The second kappa shape index (κ2) is 5.57. The Labute approximate surface area is 119 Å². The molecular weight excluding hydrogens is 278 g/mol. The highest BCUT2D eigenvalue weighted by molar-refractivity contribution is 5.83. The van der Waals surface area contributed by atoms with Crippen LogP contribution < -0.4 is 4.74 Å². The molecule has 0 aliphatic carbocycles. The molecule has 110 valence electrons. The van der Waals surface area contributed by atoms with E-state index in [0.717, 1.165) is 0 Å². The number of methoxy groups -OCH3 is 1. The number of ether oxygens (including phenoxy) is 1. The summed E-state index contributed by atoms with van der Waals surface area (Å²) in [5.41, 5.74) is -0.0446. The Morgan fingerprint density at radius 1 is 1.38 bits per heavy atom. The summed E-state index contributed by atoms with van der Waals surface area (Å²) in [5, 5.41) is 32.4. The maximum absolute atomic E-state index is 10.9. The molecule has 2 rings (SSSR count). The predicted molar refractivity (Wildman–Crippen MR) is 73.8 cm³/mol. The van der Waals surface area contributed by atoms with E-state index in [2.05, 4.69) is 15.3 Å². The molecule has 1 aromatic heterocycles. The Bertz CT molecular complexity index is 703. The van der Waals surface area contributed by atoms with Crippen molar-refractivity contribution in [1.82, 2.24) is 14.9 Å². The first kappa shape index (κ1) is 14.4. The lowest BCUT2D eigenvalue weighted by molar-refractivity contribution is -0.386. The van der Waals surface area contributed by atoms with Crippen molar-refractivity contribution < 1.29 is 14.8 Å². The van der Waals surface area contributed by atoms with Gasteiger partial charge in [0.25, 0.3) is 0 Å². The molecule has 0 spiro atoms. The zero-order valence-electron chi connectivity index (χ0n) is 11.6. The lowest BCUT2D eigenvalue weighted by Gasteiger charge is -2.05. The third-order valence-electron chi connectivity index (χ3n) is 2.77. The summed E-state index contributed by atoms with van der Waals surface area (Å²) in [6.07, 6.45) is 1.40. The molecule has 0 amide bonds. The van der Waals surface area contributed by atoms with Crippen molar-refractivity contribution in [2.45, 2.75) is 13.8 Å². The van der Waals surface area contributed by atoms with Crippen molar-refractivity contribution in [2.75, 3.05) is 7.11 Å². The normalized spacial score (nSPS) is 11.0. The van der Waals surface area contributed by atoms with E-state index in [1.807, 2.05) is 0 Å². The van der Waals surface area contributed by atoms with Crippen molar-refractivity contribution in [1.29, 1.82) is 0 Å². The number of aryl methyl sites for hydroxylation is 2. The molecule has 0 atom stereocenters. The number of aromatic hydroxyl groups is 1. The van der Waals surface area contributed by atoms with E-state index in [0.29, 0.717) is 17.2 Å². The highest BCUT2D eigenvalue weighted by Gasteiger charge is 2.19. The van der Waals surface area contributed by atoms with Crippen LogP contribution in [-0.2, 0) is 0 Å². The van der Waals surface area contributed by atoms with Gasteiger partial charge in [0.15, 0.2) is 17.4 Å². The minimum atomic E-state index is -0.690. The maximum Gasteiger partial charge on any atom is 0.315 e. The van der Waals surface area contributed by atoms with Crippen molar-refractivity contribution >= 4 is 11.9 Å². The number of aromatic nitrogens is 3. The van der Waals surface area contributed by atoms with Gasteiger partial charge >= 0.3 is 5.69 Å². The van der Waals surface area contributed by atoms with Gasteiger partial charge in [0.2, 0.25) is 5.75 Å². The monoisotopic (exact) mass is 291 g/mol. The molecule has 0 radical (unpaired) electrons. The first-order valence-corrected chi connectivity index (χ1v) is 5.92. The summed E-state index contributed by atoms with van der Waals surface area (Å²) >= 11 is 0. The van der Waals surface area contributed by atoms with Gasteiger partial charge in [-0.15, -0.1) is 10.2 Å². The van der Waals surface area contributed by atoms with Crippen molar-refractivity contribution in [3.63, 3.8) is 0 Å². The van der Waals surface area contributed by atoms with Crippen LogP contribution in [0.2, 0.25) is 0 Å². The van der Waals surface area contributed by atoms with Crippen LogP contribution >= 0.6 is 0 Å². The second-order valence-electron chi connectivity index (χ2n) is 4.20. The summed E-state index contributed by atoms with van der Waals surface area (Å²) in [4.78, 5) is 10.2. The van der Waals surface area contributed by atoms with E-state index in [9.17, 15) is 15.2 Å². The van der Waals surface area contributed by atoms with Gasteiger partial charge in [0.05, 0.1) is 18.2 Å². The highest BCUT2D eigenvalue weighted by Crippen LogP contribution is 2.36. The summed E-state index contributed by atoms with van der Waals surface area (Å²) in [5.74, 6) is 0.659. The van der Waals surface area contributed by atoms with Crippen molar-refractivity contribution in [3.8, 4) is 11.5 Å². The summed E-state index contributed by atoms with van der Waals surface area (Å²) in [7, 11) is 1.31. The minimum absolute atomic E-state index is 0.00264. The van der Waals surface area contributed by atoms with Crippen LogP contribution in [0.4, 0.5) is 5.69 Å². The molecule has 1 N–H and O–H groups in total. The number of rotatable bonds is 4. The van der Waals surface area contributed by atoms with Crippen LogP contribution in [0.15, 0.2) is 17.2 Å². The number of hydrogen-bond acceptors (Lipinski definition) is 7. The standard InChI is InChI=1S/C12H13N5O4/c1-7-14-15-8(2)16(7)13-6-9-4-10(17(19)20)12(18)11(5-9)21-3/h4-6,18H,1-3H3/b13-6-. The fourth-order valence-corrected chi connectivity index (χ4v) is 1.74. The molecule has 0 aliphatic rings. The summed E-state index contributed by atoms with van der Waals surface area (Å²) < 4.78 is 6.40. The molecule has 9 nitrogen and oxygen atoms in total. The fourth-order valence-electron chi connectivity index (χ4n) is 1.74. The van der Waals surface area contributed by atoms with E-state index in [1.54, 1.807) is 13.8 Å². The second-order valence-corrected chi connectivity index (χ2v) is 4.20. The molecule has 1 heterocycles. The van der Waals surface area contributed by atoms with Crippen LogP contribution in [-0.4, -0.2) is 38.2 Å². The van der Waals surface area contributed by atoms with Gasteiger partial charge in [0.1, 0.15) is 0 Å². The molecule has 0 fully saturated rings. The topological polar surface area (TPSA) is 116 Å². The average molecular weight is 291 g/mol. The van der Waals surface area contributed by atoms with E-state index in [1.165, 1.54) is 30.1 Å². The van der Waals surface area contributed by atoms with Crippen LogP contribution in [0, 0.1) is 24.0 Å². The Hall–Kier alpha value is -2.97. The van der Waals surface area contributed by atoms with Gasteiger partial charge in [-0.1, -0.05) is 0 Å². The quantitative estimate of drug-likeness (QED) is 0.517. The minimum Gasteiger partial charge on any atom is -0.500 e. The van der Waals surface area contributed by atoms with Gasteiger partial charge < -0.3 is 9.84 Å². The van der Waals surface area contributed by atoms with E-state index in [-0.39, 0.29) is 5.75 Å². The van der Waals surface area contributed by atoms with Crippen molar-refractivity contribution in [2.24, 2.45) is 5.10 Å². The lowest BCUT2D eigenvalue weighted by atomic mass is 10.2. The number of phenolic OH excluding ortho intramolecular Hbond substituents is 1. The third kappa shape index (κ3) is 2.81. The first-order valence-electron chi connectivity index (χ1n) is 5.92. The summed E-state index contributed by atoms with van der Waals surface area (Å²) in [6.45, 7) is 3.47. The van der Waals surface area contributed by atoms with Gasteiger partial charge in [-0.3, -0.25) is 10.1 Å². The number of nitrogens with zero attached hydrogens (tertiary/aromatic N) is 5. The third-order valence-corrected chi connectivity index (χ3v) is 2.77. The average Bonchev–Trinajstić information content (AvgIpc) is 2.76. The number of hydrogen-bond donors (Lipinski definition) is 1. The predicted octanol–water partition coefficient (Wildman–Crippen LogP) is 1.40. The van der Waals surface area contributed by atoms with Gasteiger partial charge in [0, 0.05) is 11.6 Å². The molecule has 0 saturated carbocycles. The molecule has 0 unspecified atom stereocenters. The largest absolute Gasteiger partial charge is 0.500 e. The molecule has 0 bridgehead atoms. The Morgan fingerprint density at radius 2 is 2.00 bits per heavy atom. The Morgan fingerprint density at radius 3 is 2.52 bits per heavy atom. The van der Waals surface area contributed by atoms with Crippen LogP contribution in [0.3, 0.4) is 0 Å². The zero-order valence-corrected chi connectivity index (χ0v) is 11.6. The SMILES string of the molecule is COc1cc(/C=N\n2c(C)nnc2C)cc([N+](=O)[O-])c1O. The molecular formula is C12H13N5O4. The molecule has 2 aromatic rings. The molecule has 9 heteroatoms. The fraction of sp³-hybridized carbons (Fsp3) is 0.250. The highest BCUT2D eigenvalue weighted by atomic mass is 16.6. The van der Waals surface area contributed by atoms with Gasteiger partial charge in [-0.2, -0.15) is 5.10 Å². The molecule has 1 aromatic carbocycles. The van der Waals surface area contributed by atoms with Gasteiger partial charge in [-0.25, -0.2) is 4.68 Å². The first-order chi connectivity index (χ1) is 9.93. The van der Waals surface area contributed by atoms with Crippen LogP contribution in [0.5, 0.6) is 11.5 Å². The molecule has 0 saturated heterocycles.